The maximum absolute atomic E-state index is 6.07. The number of nitrogens with one attached hydrogen (secondary N) is 1. The second kappa shape index (κ2) is 4.84. The third kappa shape index (κ3) is 2.01. The lowest BCUT2D eigenvalue weighted by Gasteiger charge is -2.22. The van der Waals surface area contributed by atoms with E-state index in [0.717, 1.165) is 5.69 Å². The van der Waals surface area contributed by atoms with E-state index in [1.54, 1.807) is 0 Å². The first kappa shape index (κ1) is 11.3. The van der Waals surface area contributed by atoms with Crippen LogP contribution in [0.4, 0.5) is 5.82 Å². The predicted octanol–water partition coefficient (Wildman–Crippen LogP) is 3.71. The van der Waals surface area contributed by atoms with Gasteiger partial charge in [-0.3, -0.25) is 5.10 Å². The molecule has 0 spiro atoms. The molecule has 1 aromatic heterocycles. The number of rotatable bonds is 2. The average Bonchev–Trinajstić information content (AvgIpc) is 2.83. The van der Waals surface area contributed by atoms with Gasteiger partial charge in [-0.15, -0.1) is 0 Å². The number of H-pyrrole nitrogens is 1. The van der Waals surface area contributed by atoms with Crippen molar-refractivity contribution in [2.45, 2.75) is 38.0 Å². The van der Waals surface area contributed by atoms with Gasteiger partial charge in [0.1, 0.15) is 5.82 Å². The summed E-state index contributed by atoms with van der Waals surface area (Å²) in [5.41, 5.74) is 9.60. The molecule has 1 aliphatic rings. The summed E-state index contributed by atoms with van der Waals surface area (Å²) < 4.78 is 0. The SMILES string of the molecule is Nc1n[nH]c(-c2ccccc2)c1C1CCCCC1. The van der Waals surface area contributed by atoms with E-state index < -0.39 is 0 Å². The molecule has 1 heterocycles. The first-order chi connectivity index (χ1) is 8.86. The standard InChI is InChI=1S/C15H19N3/c16-15-13(11-7-3-1-4-8-11)14(17-18-15)12-9-5-2-6-10-12/h2,5-6,9-11H,1,3-4,7-8H2,(H3,16,17,18). The number of hydrogen-bond acceptors (Lipinski definition) is 2. The van der Waals surface area contributed by atoms with Crippen molar-refractivity contribution in [2.75, 3.05) is 5.73 Å². The second-order valence-corrected chi connectivity index (χ2v) is 5.10. The number of hydrogen-bond donors (Lipinski definition) is 2. The highest BCUT2D eigenvalue weighted by molar-refractivity contribution is 5.68. The number of benzene rings is 1. The van der Waals surface area contributed by atoms with E-state index in [2.05, 4.69) is 34.5 Å². The van der Waals surface area contributed by atoms with Crippen LogP contribution >= 0.6 is 0 Å². The van der Waals surface area contributed by atoms with Crippen molar-refractivity contribution in [2.24, 2.45) is 0 Å². The first-order valence-corrected chi connectivity index (χ1v) is 6.75. The van der Waals surface area contributed by atoms with Crippen molar-refractivity contribution in [3.05, 3.63) is 35.9 Å². The normalized spacial score (nSPS) is 16.9. The lowest BCUT2D eigenvalue weighted by atomic mass is 9.83. The molecule has 3 nitrogen and oxygen atoms in total. The lowest BCUT2D eigenvalue weighted by Crippen LogP contribution is -2.07. The molecule has 0 amide bonds. The summed E-state index contributed by atoms with van der Waals surface area (Å²) in [5.74, 6) is 1.26. The third-order valence-corrected chi connectivity index (χ3v) is 3.91. The summed E-state index contributed by atoms with van der Waals surface area (Å²) >= 11 is 0. The zero-order valence-corrected chi connectivity index (χ0v) is 10.5. The molecule has 0 saturated heterocycles. The van der Waals surface area contributed by atoms with Crippen molar-refractivity contribution in [3.63, 3.8) is 0 Å². The van der Waals surface area contributed by atoms with Gasteiger partial charge >= 0.3 is 0 Å². The van der Waals surface area contributed by atoms with Gasteiger partial charge in [-0.1, -0.05) is 49.6 Å². The van der Waals surface area contributed by atoms with Gasteiger partial charge in [0.25, 0.3) is 0 Å². The molecule has 0 atom stereocenters. The molecule has 1 saturated carbocycles. The Labute approximate surface area is 107 Å². The van der Waals surface area contributed by atoms with Crippen LogP contribution in [0.1, 0.15) is 43.6 Å². The quantitative estimate of drug-likeness (QED) is 0.842. The Morgan fingerprint density at radius 2 is 1.78 bits per heavy atom. The average molecular weight is 241 g/mol. The summed E-state index contributed by atoms with van der Waals surface area (Å²) in [5, 5.41) is 7.33. The van der Waals surface area contributed by atoms with Gasteiger partial charge in [0, 0.05) is 5.56 Å². The zero-order valence-electron chi connectivity index (χ0n) is 10.5. The van der Waals surface area contributed by atoms with E-state index in [9.17, 15) is 0 Å². The molecule has 3 rings (SSSR count). The summed E-state index contributed by atoms with van der Waals surface area (Å²) in [6.07, 6.45) is 6.45. The third-order valence-electron chi connectivity index (χ3n) is 3.91. The van der Waals surface area contributed by atoms with Crippen LogP contribution in [0.3, 0.4) is 0 Å². The largest absolute Gasteiger partial charge is 0.382 e. The van der Waals surface area contributed by atoms with Crippen molar-refractivity contribution in [1.29, 1.82) is 0 Å². The van der Waals surface area contributed by atoms with Gasteiger partial charge in [-0.05, 0) is 24.3 Å². The van der Waals surface area contributed by atoms with Gasteiger partial charge in [-0.2, -0.15) is 5.10 Å². The highest BCUT2D eigenvalue weighted by Crippen LogP contribution is 2.39. The van der Waals surface area contributed by atoms with Crippen molar-refractivity contribution in [3.8, 4) is 11.3 Å². The molecule has 18 heavy (non-hydrogen) atoms. The van der Waals surface area contributed by atoms with E-state index in [0.29, 0.717) is 11.7 Å². The second-order valence-electron chi connectivity index (χ2n) is 5.10. The predicted molar refractivity (Wildman–Crippen MR) is 74.3 cm³/mol. The number of aromatic amines is 1. The fraction of sp³-hybridized carbons (Fsp3) is 0.400. The van der Waals surface area contributed by atoms with Gasteiger partial charge in [-0.25, -0.2) is 0 Å². The Morgan fingerprint density at radius 1 is 1.06 bits per heavy atom. The molecule has 0 unspecified atom stereocenters. The van der Waals surface area contributed by atoms with Gasteiger partial charge in [0.05, 0.1) is 5.69 Å². The van der Waals surface area contributed by atoms with Crippen molar-refractivity contribution < 1.29 is 0 Å². The zero-order chi connectivity index (χ0) is 12.4. The Balaban J connectivity index is 2.01. The smallest absolute Gasteiger partial charge is 0.149 e. The van der Waals surface area contributed by atoms with Crippen LogP contribution in [0.25, 0.3) is 11.3 Å². The fourth-order valence-electron chi connectivity index (χ4n) is 2.99. The minimum Gasteiger partial charge on any atom is -0.382 e. The Morgan fingerprint density at radius 3 is 2.50 bits per heavy atom. The maximum atomic E-state index is 6.07. The van der Waals surface area contributed by atoms with Gasteiger partial charge in [0.2, 0.25) is 0 Å². The van der Waals surface area contributed by atoms with Crippen LogP contribution in [-0.2, 0) is 0 Å². The van der Waals surface area contributed by atoms with Crippen LogP contribution in [0.2, 0.25) is 0 Å². The van der Waals surface area contributed by atoms with Crippen molar-refractivity contribution >= 4 is 5.82 Å². The first-order valence-electron chi connectivity index (χ1n) is 6.75. The van der Waals surface area contributed by atoms with E-state index in [-0.39, 0.29) is 0 Å². The molecule has 1 aliphatic carbocycles. The van der Waals surface area contributed by atoms with Gasteiger partial charge in [0.15, 0.2) is 0 Å². The van der Waals surface area contributed by atoms with Crippen LogP contribution in [0, 0.1) is 0 Å². The lowest BCUT2D eigenvalue weighted by molar-refractivity contribution is 0.445. The minimum atomic E-state index is 0.577. The number of nitrogens with two attached hydrogens (primary N) is 1. The molecule has 94 valence electrons. The molecule has 2 aromatic rings. The molecule has 1 aromatic carbocycles. The molecule has 0 radical (unpaired) electrons. The summed E-state index contributed by atoms with van der Waals surface area (Å²) in [6, 6.07) is 10.4. The fourth-order valence-corrected chi connectivity index (χ4v) is 2.99. The Kier molecular flexibility index (Phi) is 3.05. The van der Waals surface area contributed by atoms with E-state index in [4.69, 9.17) is 5.73 Å². The van der Waals surface area contributed by atoms with Crippen LogP contribution in [-0.4, -0.2) is 10.2 Å². The highest BCUT2D eigenvalue weighted by Gasteiger charge is 2.23. The summed E-state index contributed by atoms with van der Waals surface area (Å²) in [7, 11) is 0. The minimum absolute atomic E-state index is 0.577. The molecule has 0 bridgehead atoms. The molecular weight excluding hydrogens is 222 g/mol. The summed E-state index contributed by atoms with van der Waals surface area (Å²) in [6.45, 7) is 0. The van der Waals surface area contributed by atoms with E-state index in [1.807, 2.05) is 6.07 Å². The van der Waals surface area contributed by atoms with E-state index in [1.165, 1.54) is 43.2 Å². The maximum Gasteiger partial charge on any atom is 0.149 e. The summed E-state index contributed by atoms with van der Waals surface area (Å²) in [4.78, 5) is 0. The van der Waals surface area contributed by atoms with E-state index >= 15 is 0 Å². The molecule has 3 N–H and O–H groups in total. The topological polar surface area (TPSA) is 54.7 Å². The number of aromatic nitrogens is 2. The molecule has 0 aliphatic heterocycles. The van der Waals surface area contributed by atoms with Crippen LogP contribution in [0.5, 0.6) is 0 Å². The molecular formula is C15H19N3. The molecule has 3 heteroatoms. The highest BCUT2D eigenvalue weighted by atomic mass is 15.2. The number of anilines is 1. The van der Waals surface area contributed by atoms with Crippen LogP contribution in [0.15, 0.2) is 30.3 Å². The monoisotopic (exact) mass is 241 g/mol. The molecule has 1 fully saturated rings. The Bertz CT molecular complexity index is 510. The number of nitrogens with zero attached hydrogens (tertiary/aromatic N) is 1. The van der Waals surface area contributed by atoms with Crippen LogP contribution < -0.4 is 5.73 Å². The number of nitrogen functional groups attached to an aromatic ring is 1. The van der Waals surface area contributed by atoms with Gasteiger partial charge < -0.3 is 5.73 Å². The Hall–Kier alpha value is -1.77. The van der Waals surface area contributed by atoms with Crippen molar-refractivity contribution in [1.82, 2.24) is 10.2 Å².